The van der Waals surface area contributed by atoms with Crippen molar-refractivity contribution in [3.63, 3.8) is 0 Å². The fourth-order valence-electron chi connectivity index (χ4n) is 11.9. The van der Waals surface area contributed by atoms with Gasteiger partial charge in [-0.25, -0.2) is 0 Å². The molecule has 4 aromatic heterocycles. The third-order valence-electron chi connectivity index (χ3n) is 16.5. The number of H-pyrrole nitrogens is 1. The van der Waals surface area contributed by atoms with E-state index in [1.807, 2.05) is 197 Å². The number of Topliss-reactive ketones (excluding diaryl/α,β-unsaturated/α-hetero) is 1. The van der Waals surface area contributed by atoms with Crippen LogP contribution in [0.25, 0.3) is 76.7 Å². The highest BCUT2D eigenvalue weighted by Gasteiger charge is 2.17. The molecular formula is C79H77N5O13. The molecular weight excluding hydrogens is 1230 g/mol. The number of ketones is 1. The Hall–Kier alpha value is -11.5. The van der Waals surface area contributed by atoms with Crippen LogP contribution in [-0.4, -0.2) is 103 Å². The number of fused-ring (bicyclic) bond motifs is 9. The number of nitrogens with one attached hydrogen (secondary N) is 1. The summed E-state index contributed by atoms with van der Waals surface area (Å²) in [6, 6.07) is 68.7. The van der Waals surface area contributed by atoms with Crippen LogP contribution in [0.2, 0.25) is 0 Å². The number of nitrogens with zero attached hydrogens (tertiary/aromatic N) is 4. The lowest BCUT2D eigenvalue weighted by atomic mass is 10.1. The Balaban J connectivity index is 0.000000148. The van der Waals surface area contributed by atoms with Gasteiger partial charge in [0, 0.05) is 91.9 Å². The van der Waals surface area contributed by atoms with Crippen molar-refractivity contribution in [3.05, 3.63) is 224 Å². The molecule has 97 heavy (non-hydrogen) atoms. The van der Waals surface area contributed by atoms with E-state index in [9.17, 15) is 24.3 Å². The van der Waals surface area contributed by atoms with Crippen LogP contribution in [0.3, 0.4) is 0 Å². The van der Waals surface area contributed by atoms with Gasteiger partial charge in [-0.3, -0.25) is 24.3 Å². The van der Waals surface area contributed by atoms with Gasteiger partial charge in [0.15, 0.2) is 5.78 Å². The number of aryl methyl sites for hydroxylation is 2. The molecule has 18 nitrogen and oxygen atoms in total. The Morgan fingerprint density at radius 1 is 0.371 bits per heavy atom. The first-order chi connectivity index (χ1) is 47.5. The number of ether oxygens (including phenoxy) is 6. The lowest BCUT2D eigenvalue weighted by molar-refractivity contribution is -0.138. The van der Waals surface area contributed by atoms with Crippen molar-refractivity contribution < 1.29 is 62.9 Å². The first kappa shape index (κ1) is 66.9. The average Bonchev–Trinajstić information content (AvgIpc) is 1.63. The Kier molecular flexibility index (Phi) is 22.8. The van der Waals surface area contributed by atoms with E-state index >= 15 is 0 Å². The molecule has 0 radical (unpaired) electrons. The first-order valence-corrected chi connectivity index (χ1v) is 32.7. The predicted molar refractivity (Wildman–Crippen MR) is 378 cm³/mol. The number of rotatable bonds is 31. The molecule has 0 spiro atoms. The number of aromatic nitrogens is 5. The predicted octanol–water partition coefficient (Wildman–Crippen LogP) is 16.7. The molecule has 4 N–H and O–H groups in total. The van der Waals surface area contributed by atoms with Crippen LogP contribution < -0.4 is 28.4 Å². The SMILES string of the molecule is CC(=O)c1ccccc1OCCCCOc1ccc2c3ccccc3n(CCC(=O)O)c2c1.O=C(O)CCn1c2ccccc2c2ccc(OCCCCOc3ccccc3)cc21.O=C(O)Cn1c2ccccc2c2ccc(OCCCCOc3ccccc3-c3ccn[nH]3)cc21. The van der Waals surface area contributed by atoms with Crippen molar-refractivity contribution >= 4 is 89.1 Å². The zero-order valence-corrected chi connectivity index (χ0v) is 54.0. The number of carbonyl (C=O) groups excluding carboxylic acids is 1. The van der Waals surface area contributed by atoms with Crippen LogP contribution >= 0.6 is 0 Å². The molecule has 18 heteroatoms. The molecule has 0 aliphatic rings. The second-order valence-corrected chi connectivity index (χ2v) is 23.2. The van der Waals surface area contributed by atoms with Gasteiger partial charge in [-0.2, -0.15) is 5.10 Å². The normalized spacial score (nSPS) is 11.1. The van der Waals surface area contributed by atoms with E-state index in [1.54, 1.807) is 12.3 Å². The summed E-state index contributed by atoms with van der Waals surface area (Å²) < 4.78 is 41.3. The molecule has 496 valence electrons. The van der Waals surface area contributed by atoms with Gasteiger partial charge in [-0.1, -0.05) is 97.1 Å². The summed E-state index contributed by atoms with van der Waals surface area (Å²) in [5.41, 5.74) is 8.32. The van der Waals surface area contributed by atoms with Crippen molar-refractivity contribution in [3.8, 4) is 45.8 Å². The van der Waals surface area contributed by atoms with Gasteiger partial charge in [0.2, 0.25) is 0 Å². The zero-order chi connectivity index (χ0) is 67.3. The number of carboxylic acids is 3. The molecule has 13 aromatic rings. The highest BCUT2D eigenvalue weighted by Crippen LogP contribution is 2.36. The lowest BCUT2D eigenvalue weighted by Gasteiger charge is -2.11. The van der Waals surface area contributed by atoms with Crippen molar-refractivity contribution in [1.29, 1.82) is 0 Å². The summed E-state index contributed by atoms with van der Waals surface area (Å²) in [4.78, 5) is 45.4. The fourth-order valence-corrected chi connectivity index (χ4v) is 11.9. The third kappa shape index (κ3) is 17.3. The number of benzene rings is 9. The maximum Gasteiger partial charge on any atom is 0.323 e. The summed E-state index contributed by atoms with van der Waals surface area (Å²) in [6.45, 7) is 5.74. The summed E-state index contributed by atoms with van der Waals surface area (Å²) in [5, 5.41) is 41.1. The number of aromatic amines is 1. The maximum absolute atomic E-state index is 11.7. The van der Waals surface area contributed by atoms with Crippen LogP contribution in [0.1, 0.15) is 68.6 Å². The number of carboxylic acid groups (broad SMARTS) is 3. The molecule has 0 unspecified atom stereocenters. The van der Waals surface area contributed by atoms with E-state index < -0.39 is 17.9 Å². The summed E-state index contributed by atoms with van der Waals surface area (Å²) in [6.07, 6.45) is 6.97. The highest BCUT2D eigenvalue weighted by molar-refractivity contribution is 6.10. The average molecular weight is 1300 g/mol. The van der Waals surface area contributed by atoms with Crippen LogP contribution in [0.4, 0.5) is 0 Å². The topological polar surface area (TPSA) is 228 Å². The second-order valence-electron chi connectivity index (χ2n) is 23.2. The molecule has 0 aliphatic heterocycles. The van der Waals surface area contributed by atoms with Gasteiger partial charge in [0.1, 0.15) is 41.0 Å². The Morgan fingerprint density at radius 3 is 1.21 bits per heavy atom. The van der Waals surface area contributed by atoms with E-state index in [0.29, 0.717) is 64.0 Å². The van der Waals surface area contributed by atoms with Crippen LogP contribution in [0, 0.1) is 0 Å². The smallest absolute Gasteiger partial charge is 0.323 e. The molecule has 0 saturated heterocycles. The van der Waals surface area contributed by atoms with Crippen molar-refractivity contribution in [2.24, 2.45) is 0 Å². The minimum absolute atomic E-state index is 0.00917. The number of para-hydroxylation sites is 6. The summed E-state index contributed by atoms with van der Waals surface area (Å²) >= 11 is 0. The molecule has 9 aromatic carbocycles. The molecule has 0 fully saturated rings. The lowest BCUT2D eigenvalue weighted by Crippen LogP contribution is -2.08. The molecule has 0 saturated carbocycles. The van der Waals surface area contributed by atoms with E-state index in [0.717, 1.165) is 144 Å². The van der Waals surface area contributed by atoms with Gasteiger partial charge >= 0.3 is 17.9 Å². The quantitative estimate of drug-likeness (QED) is 0.0234. The first-order valence-electron chi connectivity index (χ1n) is 32.7. The Morgan fingerprint density at radius 2 is 0.753 bits per heavy atom. The largest absolute Gasteiger partial charge is 0.494 e. The Bertz CT molecular complexity index is 4800. The molecule has 13 rings (SSSR count). The molecule has 4 heterocycles. The van der Waals surface area contributed by atoms with Crippen molar-refractivity contribution in [1.82, 2.24) is 23.9 Å². The Labute approximate surface area is 560 Å². The molecule has 0 atom stereocenters. The van der Waals surface area contributed by atoms with Crippen molar-refractivity contribution in [2.75, 3.05) is 39.6 Å². The molecule has 0 amide bonds. The number of carbonyl (C=O) groups is 4. The van der Waals surface area contributed by atoms with Crippen LogP contribution in [-0.2, 0) is 34.0 Å². The van der Waals surface area contributed by atoms with Crippen molar-refractivity contribution in [2.45, 2.75) is 77.9 Å². The standard InChI is InChI=1S/C27H25N3O4.C27H27NO5.C25H25NO4/c31-27(32)18-30-24-9-3-1-7-20(24)21-12-11-19(17-25(21)30)33-15-5-6-16-34-26-10-4-2-8-22(26)23-13-14-28-29-23;1-19(29)21-8-3-5-11-26(21)33-17-7-6-16-32-20-12-13-23-22-9-2-4-10-24(22)28(25(23)18-20)15-14-27(30)31;27-25(28)14-15-26-23-11-5-4-10-21(23)22-13-12-20(18-24(22)26)30-17-7-6-16-29-19-8-2-1-3-9-19/h1-4,7-14,17H,5-6,15-16,18H2,(H,28,29)(H,31,32);2-5,8-13,18H,6-7,14-17H2,1H3,(H,30,31);1-5,8-13,18H,6-7,14-17H2,(H,27,28). The van der Waals surface area contributed by atoms with E-state index in [1.165, 1.54) is 6.92 Å². The van der Waals surface area contributed by atoms with Gasteiger partial charge < -0.3 is 57.4 Å². The minimum atomic E-state index is -0.872. The minimum Gasteiger partial charge on any atom is -0.494 e. The zero-order valence-electron chi connectivity index (χ0n) is 54.0. The fraction of sp³-hybridized carbons (Fsp3) is 0.228. The summed E-state index contributed by atoms with van der Waals surface area (Å²) in [7, 11) is 0. The van der Waals surface area contributed by atoms with Gasteiger partial charge in [-0.15, -0.1) is 0 Å². The second kappa shape index (κ2) is 33.0. The third-order valence-corrected chi connectivity index (χ3v) is 16.5. The number of hydrogen-bond acceptors (Lipinski definition) is 11. The monoisotopic (exact) mass is 1300 g/mol. The van der Waals surface area contributed by atoms with Gasteiger partial charge in [0.05, 0.1) is 80.3 Å². The van der Waals surface area contributed by atoms with E-state index in [-0.39, 0.29) is 25.2 Å². The van der Waals surface area contributed by atoms with Gasteiger partial charge in [0.25, 0.3) is 0 Å². The van der Waals surface area contributed by atoms with Crippen LogP contribution in [0.5, 0.6) is 34.5 Å². The number of aliphatic carboxylic acids is 3. The van der Waals surface area contributed by atoms with E-state index in [4.69, 9.17) is 38.6 Å². The van der Waals surface area contributed by atoms with E-state index in [2.05, 4.69) is 33.0 Å². The van der Waals surface area contributed by atoms with Crippen LogP contribution in [0.15, 0.2) is 219 Å². The number of hydrogen-bond donors (Lipinski definition) is 4. The van der Waals surface area contributed by atoms with Gasteiger partial charge in [-0.05, 0) is 143 Å². The molecule has 0 bridgehead atoms. The maximum atomic E-state index is 11.7. The molecule has 0 aliphatic carbocycles. The highest BCUT2D eigenvalue weighted by atomic mass is 16.5. The number of unbranched alkanes of at least 4 members (excludes halogenated alkanes) is 3. The summed E-state index contributed by atoms with van der Waals surface area (Å²) in [5.74, 6) is 2.11.